The Bertz CT molecular complexity index is 599. The first-order valence-electron chi connectivity index (χ1n) is 7.62. The number of piperazine rings is 1. The van der Waals surface area contributed by atoms with E-state index in [0.29, 0.717) is 11.9 Å². The number of nitrogens with one attached hydrogen (secondary N) is 1. The van der Waals surface area contributed by atoms with Crippen molar-refractivity contribution in [2.24, 2.45) is 0 Å². The first kappa shape index (κ1) is 15.1. The summed E-state index contributed by atoms with van der Waals surface area (Å²) < 4.78 is 0. The van der Waals surface area contributed by atoms with Gasteiger partial charge in [0.15, 0.2) is 5.13 Å². The smallest absolute Gasteiger partial charge is 0.189 e. The Labute approximate surface area is 135 Å². The molecule has 1 saturated heterocycles. The number of rotatable bonds is 4. The highest BCUT2D eigenvalue weighted by Crippen LogP contribution is 2.24. The van der Waals surface area contributed by atoms with E-state index in [1.165, 1.54) is 17.0 Å². The number of nitrogen functional groups attached to an aromatic ring is 1. The molecule has 0 saturated carbocycles. The molecule has 6 heteroatoms. The maximum absolute atomic E-state index is 5.58. The van der Waals surface area contributed by atoms with E-state index in [9.17, 15) is 0 Å². The molecule has 1 aliphatic heterocycles. The summed E-state index contributed by atoms with van der Waals surface area (Å²) in [6, 6.07) is 9.13. The van der Waals surface area contributed by atoms with Crippen LogP contribution < -0.4 is 16.0 Å². The van der Waals surface area contributed by atoms with Crippen LogP contribution >= 0.6 is 11.3 Å². The van der Waals surface area contributed by atoms with E-state index in [-0.39, 0.29) is 0 Å². The lowest BCUT2D eigenvalue weighted by Crippen LogP contribution is -2.48. The maximum Gasteiger partial charge on any atom is 0.189 e. The van der Waals surface area contributed by atoms with Crippen molar-refractivity contribution >= 4 is 33.7 Å². The minimum Gasteiger partial charge on any atom is -0.382 e. The zero-order valence-electron chi connectivity index (χ0n) is 13.0. The van der Waals surface area contributed by atoms with Crippen molar-refractivity contribution in [1.82, 2.24) is 9.88 Å². The van der Waals surface area contributed by atoms with E-state index in [1.807, 2.05) is 0 Å². The Hall–Kier alpha value is -1.79. The minimum absolute atomic E-state index is 0.437. The van der Waals surface area contributed by atoms with Crippen molar-refractivity contribution in [3.8, 4) is 0 Å². The van der Waals surface area contributed by atoms with Crippen molar-refractivity contribution in [2.45, 2.75) is 19.9 Å². The van der Waals surface area contributed by atoms with Gasteiger partial charge in [-0.1, -0.05) is 11.3 Å². The van der Waals surface area contributed by atoms with E-state index < -0.39 is 0 Å². The van der Waals surface area contributed by atoms with Crippen molar-refractivity contribution < 1.29 is 0 Å². The topological polar surface area (TPSA) is 57.4 Å². The summed E-state index contributed by atoms with van der Waals surface area (Å²) in [4.78, 5) is 9.12. The minimum atomic E-state index is 0.437. The quantitative estimate of drug-likeness (QED) is 0.908. The molecular weight excluding hydrogens is 294 g/mol. The Morgan fingerprint density at radius 1 is 1.18 bits per heavy atom. The Morgan fingerprint density at radius 2 is 1.86 bits per heavy atom. The van der Waals surface area contributed by atoms with Crippen LogP contribution in [0.1, 0.15) is 13.8 Å². The van der Waals surface area contributed by atoms with Gasteiger partial charge in [-0.2, -0.15) is 0 Å². The van der Waals surface area contributed by atoms with Crippen LogP contribution in [0.15, 0.2) is 24.3 Å². The van der Waals surface area contributed by atoms with Gasteiger partial charge in [-0.3, -0.25) is 4.90 Å². The third kappa shape index (κ3) is 3.51. The number of nitrogens with zero attached hydrogens (tertiary/aromatic N) is 3. The summed E-state index contributed by atoms with van der Waals surface area (Å²) in [7, 11) is 0. The summed E-state index contributed by atoms with van der Waals surface area (Å²) >= 11 is 1.39. The van der Waals surface area contributed by atoms with E-state index in [0.717, 1.165) is 37.0 Å². The zero-order valence-corrected chi connectivity index (χ0v) is 13.9. The molecule has 0 atom stereocenters. The molecule has 0 bridgehead atoms. The number of thiazole rings is 1. The second-order valence-corrected chi connectivity index (χ2v) is 6.59. The van der Waals surface area contributed by atoms with E-state index in [4.69, 9.17) is 5.73 Å². The second kappa shape index (κ2) is 6.54. The lowest BCUT2D eigenvalue weighted by molar-refractivity contribution is 0.209. The fourth-order valence-electron chi connectivity index (χ4n) is 2.68. The summed E-state index contributed by atoms with van der Waals surface area (Å²) in [5.41, 5.74) is 7.88. The predicted molar refractivity (Wildman–Crippen MR) is 94.0 cm³/mol. The summed E-state index contributed by atoms with van der Waals surface area (Å²) in [5.74, 6) is 0.437. The number of anilines is 4. The second-order valence-electron chi connectivity index (χ2n) is 5.79. The van der Waals surface area contributed by atoms with E-state index in [1.54, 1.807) is 0 Å². The van der Waals surface area contributed by atoms with Gasteiger partial charge in [0.25, 0.3) is 0 Å². The van der Waals surface area contributed by atoms with Gasteiger partial charge in [0.05, 0.1) is 5.38 Å². The van der Waals surface area contributed by atoms with Gasteiger partial charge in [-0.15, -0.1) is 0 Å². The molecular formula is C16H22N5S. The normalized spacial score (nSPS) is 16.2. The molecule has 0 aliphatic carbocycles. The Balaban J connectivity index is 1.60. The van der Waals surface area contributed by atoms with Crippen LogP contribution in [-0.2, 0) is 0 Å². The molecule has 0 unspecified atom stereocenters. The van der Waals surface area contributed by atoms with Crippen LogP contribution in [0.25, 0.3) is 0 Å². The van der Waals surface area contributed by atoms with Crippen molar-refractivity contribution in [2.75, 3.05) is 42.1 Å². The number of aromatic nitrogens is 1. The van der Waals surface area contributed by atoms with Crippen LogP contribution in [0, 0.1) is 5.38 Å². The molecule has 22 heavy (non-hydrogen) atoms. The van der Waals surface area contributed by atoms with Crippen molar-refractivity contribution in [3.05, 3.63) is 29.6 Å². The van der Waals surface area contributed by atoms with Gasteiger partial charge < -0.3 is 16.0 Å². The van der Waals surface area contributed by atoms with Gasteiger partial charge in [0.1, 0.15) is 5.82 Å². The number of benzene rings is 1. The lowest BCUT2D eigenvalue weighted by Gasteiger charge is -2.38. The molecule has 2 aromatic rings. The third-order valence-electron chi connectivity index (χ3n) is 4.00. The average molecular weight is 316 g/mol. The third-order valence-corrected chi connectivity index (χ3v) is 4.70. The Kier molecular flexibility index (Phi) is 4.49. The van der Waals surface area contributed by atoms with Crippen LogP contribution in [0.3, 0.4) is 0 Å². The van der Waals surface area contributed by atoms with E-state index >= 15 is 0 Å². The maximum atomic E-state index is 5.58. The molecule has 1 aromatic carbocycles. The fourth-order valence-corrected chi connectivity index (χ4v) is 3.24. The number of nitrogens with two attached hydrogens (primary N) is 1. The van der Waals surface area contributed by atoms with Crippen molar-refractivity contribution in [1.29, 1.82) is 0 Å². The van der Waals surface area contributed by atoms with Crippen molar-refractivity contribution in [3.63, 3.8) is 0 Å². The van der Waals surface area contributed by atoms with Gasteiger partial charge in [0.2, 0.25) is 0 Å². The van der Waals surface area contributed by atoms with Gasteiger partial charge in [-0.05, 0) is 38.1 Å². The monoisotopic (exact) mass is 316 g/mol. The molecule has 0 spiro atoms. The molecule has 117 valence electrons. The highest BCUT2D eigenvalue weighted by atomic mass is 32.1. The molecule has 2 heterocycles. The molecule has 1 aromatic heterocycles. The molecule has 5 nitrogen and oxygen atoms in total. The first-order valence-corrected chi connectivity index (χ1v) is 8.43. The molecule has 3 N–H and O–H groups in total. The SMILES string of the molecule is CC(C)N1CCN(c2ccc(Nc3nc(N)[c]s3)cc2)CC1. The highest BCUT2D eigenvalue weighted by Gasteiger charge is 2.18. The molecule has 0 amide bonds. The zero-order chi connectivity index (χ0) is 15.5. The van der Waals surface area contributed by atoms with Gasteiger partial charge in [0, 0.05) is 43.6 Å². The molecule has 3 rings (SSSR count). The summed E-state index contributed by atoms with van der Waals surface area (Å²) in [6.45, 7) is 8.96. The standard InChI is InChI=1S/C16H22N5S/c1-12(2)20-7-9-21(10-8-20)14-5-3-13(4-6-14)18-16-19-15(17)11-22-16/h3-6,12H,7-10,17H2,1-2H3,(H,18,19). The van der Waals surface area contributed by atoms with Crippen LogP contribution in [0.5, 0.6) is 0 Å². The first-order chi connectivity index (χ1) is 10.6. The Morgan fingerprint density at radius 3 is 2.41 bits per heavy atom. The lowest BCUT2D eigenvalue weighted by atomic mass is 10.2. The van der Waals surface area contributed by atoms with E-state index in [2.05, 4.69) is 63.6 Å². The molecule has 1 aliphatic rings. The van der Waals surface area contributed by atoms with Crippen LogP contribution in [0.2, 0.25) is 0 Å². The molecule has 1 radical (unpaired) electrons. The number of hydrogen-bond acceptors (Lipinski definition) is 6. The summed E-state index contributed by atoms with van der Waals surface area (Å²) in [5, 5.41) is 6.92. The predicted octanol–water partition coefficient (Wildman–Crippen LogP) is 2.80. The highest BCUT2D eigenvalue weighted by molar-refractivity contribution is 7.13. The number of hydrogen-bond donors (Lipinski definition) is 2. The van der Waals surface area contributed by atoms with Gasteiger partial charge >= 0.3 is 0 Å². The van der Waals surface area contributed by atoms with Crippen LogP contribution in [-0.4, -0.2) is 42.1 Å². The average Bonchev–Trinajstić information content (AvgIpc) is 2.93. The molecule has 1 fully saturated rings. The fraction of sp³-hybridized carbons (Fsp3) is 0.438. The largest absolute Gasteiger partial charge is 0.382 e. The van der Waals surface area contributed by atoms with Crippen LogP contribution in [0.4, 0.5) is 22.3 Å². The summed E-state index contributed by atoms with van der Waals surface area (Å²) in [6.07, 6.45) is 0. The van der Waals surface area contributed by atoms with Gasteiger partial charge in [-0.25, -0.2) is 4.98 Å².